The van der Waals surface area contributed by atoms with Gasteiger partial charge in [0.2, 0.25) is 5.78 Å². The van der Waals surface area contributed by atoms with Gasteiger partial charge in [0.1, 0.15) is 12.2 Å². The van der Waals surface area contributed by atoms with E-state index in [0.717, 1.165) is 19.4 Å². The topological polar surface area (TPSA) is 123 Å². The monoisotopic (exact) mass is 557 g/mol. The predicted molar refractivity (Wildman–Crippen MR) is 146 cm³/mol. The Labute approximate surface area is 236 Å². The highest BCUT2D eigenvalue weighted by molar-refractivity contribution is 6.13. The van der Waals surface area contributed by atoms with Crippen LogP contribution in [0.1, 0.15) is 72.1 Å². The largest absolute Gasteiger partial charge is 0.504 e. The van der Waals surface area contributed by atoms with Gasteiger partial charge in [-0.3, -0.25) is 9.59 Å². The lowest BCUT2D eigenvalue weighted by atomic mass is 9.53. The quantitative estimate of drug-likeness (QED) is 0.371. The Kier molecular flexibility index (Phi) is 7.68. The molecule has 0 spiro atoms. The van der Waals surface area contributed by atoms with Crippen LogP contribution in [0.4, 0.5) is 0 Å². The van der Waals surface area contributed by atoms with Crippen molar-refractivity contribution in [2.24, 2.45) is 22.7 Å². The smallest absolute Gasteiger partial charge is 0.340 e. The van der Waals surface area contributed by atoms with Crippen LogP contribution in [-0.2, 0) is 28.6 Å². The molecular formula is C31H43NO8. The Morgan fingerprint density at radius 2 is 1.85 bits per heavy atom. The second kappa shape index (κ2) is 10.6. The first kappa shape index (κ1) is 28.9. The first-order valence-electron chi connectivity index (χ1n) is 14.6. The van der Waals surface area contributed by atoms with Crippen LogP contribution < -0.4 is 0 Å². The van der Waals surface area contributed by atoms with Crippen LogP contribution in [0.2, 0.25) is 0 Å². The number of aliphatic hydroxyl groups is 2. The van der Waals surface area contributed by atoms with E-state index in [0.29, 0.717) is 36.3 Å². The summed E-state index contributed by atoms with van der Waals surface area (Å²) < 4.78 is 17.4. The molecule has 40 heavy (non-hydrogen) atoms. The highest BCUT2D eigenvalue weighted by Gasteiger charge is 2.64. The molecule has 2 N–H and O–H groups in total. The number of fused-ring (bicyclic) bond motifs is 4. The van der Waals surface area contributed by atoms with E-state index in [1.807, 2.05) is 25.8 Å². The van der Waals surface area contributed by atoms with Crippen LogP contribution in [0.3, 0.4) is 0 Å². The summed E-state index contributed by atoms with van der Waals surface area (Å²) in [5.74, 6) is -2.03. The number of carbonyl (C=O) groups is 3. The summed E-state index contributed by atoms with van der Waals surface area (Å²) in [4.78, 5) is 41.9. The second-order valence-corrected chi connectivity index (χ2v) is 12.9. The minimum atomic E-state index is -1.19. The van der Waals surface area contributed by atoms with E-state index in [-0.39, 0.29) is 23.7 Å². The van der Waals surface area contributed by atoms with Gasteiger partial charge in [-0.1, -0.05) is 26.2 Å². The SMILES string of the molecule is COC[C@H]1OC(=O)/C(=C/N(C)CC2CCCCC2)C2=C(O)C(=O)C3=C([C@H](OC(C)=O)C[C@@]4(C)C3CC[C@@H]4O)[C@]21C. The molecule has 0 aromatic carbocycles. The van der Waals surface area contributed by atoms with Crippen molar-refractivity contribution < 1.29 is 38.8 Å². The first-order valence-corrected chi connectivity index (χ1v) is 14.6. The molecule has 1 heterocycles. The number of aliphatic hydroxyl groups excluding tert-OH is 2. The van der Waals surface area contributed by atoms with Crippen molar-refractivity contribution >= 4 is 17.7 Å². The molecule has 0 amide bonds. The molecule has 1 aliphatic heterocycles. The van der Waals surface area contributed by atoms with Crippen molar-refractivity contribution in [2.75, 3.05) is 27.3 Å². The lowest BCUT2D eigenvalue weighted by molar-refractivity contribution is -0.161. The van der Waals surface area contributed by atoms with Gasteiger partial charge in [0, 0.05) is 50.4 Å². The molecule has 1 saturated heterocycles. The highest BCUT2D eigenvalue weighted by atomic mass is 16.6. The van der Waals surface area contributed by atoms with Crippen molar-refractivity contribution in [3.63, 3.8) is 0 Å². The van der Waals surface area contributed by atoms with Gasteiger partial charge in [-0.05, 0) is 56.4 Å². The zero-order chi connectivity index (χ0) is 29.0. The van der Waals surface area contributed by atoms with Gasteiger partial charge in [-0.15, -0.1) is 0 Å². The van der Waals surface area contributed by atoms with Crippen LogP contribution in [0.5, 0.6) is 0 Å². The molecule has 5 aliphatic rings. The molecule has 9 nitrogen and oxygen atoms in total. The standard InChI is InChI=1S/C31H43NO8/c1-17(33)39-21-13-30(2)20(11-12-22(30)34)24-26(21)31(3)23(16-38-5)40-29(37)19(25(31)28(36)27(24)35)15-32(4)14-18-9-7-6-8-10-18/h15,18,20-23,34,36H,6-14,16H2,1-5H3/b19-15+/t20?,21-,22+,23-,30+,31+/m1/s1. The number of Topliss-reactive ketones (excluding diaryl/α,β-unsaturated/α-hetero) is 1. The second-order valence-electron chi connectivity index (χ2n) is 12.9. The van der Waals surface area contributed by atoms with Crippen LogP contribution in [0, 0.1) is 22.7 Å². The van der Waals surface area contributed by atoms with Gasteiger partial charge < -0.3 is 29.3 Å². The average molecular weight is 558 g/mol. The number of ketones is 1. The fourth-order valence-corrected chi connectivity index (χ4v) is 8.32. The Morgan fingerprint density at radius 1 is 1.15 bits per heavy atom. The molecule has 5 rings (SSSR count). The predicted octanol–water partition coefficient (Wildman–Crippen LogP) is 3.76. The molecule has 220 valence electrons. The van der Waals surface area contributed by atoms with E-state index < -0.39 is 52.6 Å². The van der Waals surface area contributed by atoms with Crippen molar-refractivity contribution in [1.29, 1.82) is 0 Å². The van der Waals surface area contributed by atoms with E-state index in [9.17, 15) is 24.6 Å². The number of rotatable bonds is 6. The molecular weight excluding hydrogens is 514 g/mol. The maximum absolute atomic E-state index is 14.1. The fraction of sp³-hybridized carbons (Fsp3) is 0.710. The lowest BCUT2D eigenvalue weighted by Crippen LogP contribution is -2.57. The number of methoxy groups -OCH3 is 1. The van der Waals surface area contributed by atoms with Crippen LogP contribution >= 0.6 is 0 Å². The lowest BCUT2D eigenvalue weighted by Gasteiger charge is -2.54. The summed E-state index contributed by atoms with van der Waals surface area (Å²) in [6.07, 6.45) is 6.58. The summed E-state index contributed by atoms with van der Waals surface area (Å²) in [5, 5.41) is 22.6. The zero-order valence-corrected chi connectivity index (χ0v) is 24.3. The average Bonchev–Trinajstić information content (AvgIpc) is 3.19. The van der Waals surface area contributed by atoms with Crippen molar-refractivity contribution in [2.45, 2.75) is 90.4 Å². The van der Waals surface area contributed by atoms with Gasteiger partial charge >= 0.3 is 11.9 Å². The van der Waals surface area contributed by atoms with Crippen LogP contribution in [0.25, 0.3) is 0 Å². The summed E-state index contributed by atoms with van der Waals surface area (Å²) in [7, 11) is 3.40. The number of ether oxygens (including phenoxy) is 3. The number of hydrogen-bond donors (Lipinski definition) is 2. The molecule has 3 fully saturated rings. The third kappa shape index (κ3) is 4.49. The molecule has 0 aromatic rings. The molecule has 2 saturated carbocycles. The van der Waals surface area contributed by atoms with E-state index in [4.69, 9.17) is 14.2 Å². The van der Waals surface area contributed by atoms with E-state index in [1.165, 1.54) is 33.3 Å². The third-order valence-electron chi connectivity index (χ3n) is 10.3. The molecule has 4 aliphatic carbocycles. The summed E-state index contributed by atoms with van der Waals surface area (Å²) in [5.41, 5.74) is -0.647. The van der Waals surface area contributed by atoms with E-state index >= 15 is 0 Å². The van der Waals surface area contributed by atoms with Crippen molar-refractivity contribution in [3.8, 4) is 0 Å². The Bertz CT molecular complexity index is 1180. The molecule has 0 radical (unpaired) electrons. The number of cyclic esters (lactones) is 1. The van der Waals surface area contributed by atoms with E-state index in [1.54, 1.807) is 6.20 Å². The van der Waals surface area contributed by atoms with Crippen molar-refractivity contribution in [1.82, 2.24) is 4.90 Å². The zero-order valence-electron chi connectivity index (χ0n) is 24.3. The maximum atomic E-state index is 14.1. The minimum absolute atomic E-state index is 0.0204. The number of esters is 2. The third-order valence-corrected chi connectivity index (χ3v) is 10.3. The molecule has 0 bridgehead atoms. The Morgan fingerprint density at radius 3 is 2.50 bits per heavy atom. The molecule has 6 atom stereocenters. The Hall–Kier alpha value is -2.65. The van der Waals surface area contributed by atoms with Crippen LogP contribution in [-0.4, -0.2) is 78.5 Å². The number of carbonyl (C=O) groups excluding carboxylic acids is 3. The van der Waals surface area contributed by atoms with Crippen LogP contribution in [0.15, 0.2) is 34.3 Å². The highest BCUT2D eigenvalue weighted by Crippen LogP contribution is 2.63. The van der Waals surface area contributed by atoms with E-state index in [2.05, 4.69) is 0 Å². The van der Waals surface area contributed by atoms with Gasteiger partial charge in [-0.2, -0.15) is 0 Å². The molecule has 0 aromatic heterocycles. The van der Waals surface area contributed by atoms with Crippen molar-refractivity contribution in [3.05, 3.63) is 34.3 Å². The minimum Gasteiger partial charge on any atom is -0.504 e. The summed E-state index contributed by atoms with van der Waals surface area (Å²) in [6, 6.07) is 0. The molecule has 1 unspecified atom stereocenters. The number of nitrogens with zero attached hydrogens (tertiary/aromatic N) is 1. The summed E-state index contributed by atoms with van der Waals surface area (Å²) >= 11 is 0. The number of hydrogen-bond acceptors (Lipinski definition) is 9. The number of allylic oxidation sites excluding steroid dienone is 1. The Balaban J connectivity index is 1.66. The summed E-state index contributed by atoms with van der Waals surface area (Å²) in [6.45, 7) is 5.85. The first-order chi connectivity index (χ1) is 18.9. The van der Waals surface area contributed by atoms with Gasteiger partial charge in [0.05, 0.1) is 23.7 Å². The van der Waals surface area contributed by atoms with Gasteiger partial charge in [-0.25, -0.2) is 4.79 Å². The maximum Gasteiger partial charge on any atom is 0.340 e. The fourth-order valence-electron chi connectivity index (χ4n) is 8.32. The molecule has 9 heteroatoms. The normalized spacial score (nSPS) is 37.2. The van der Waals surface area contributed by atoms with Gasteiger partial charge in [0.15, 0.2) is 5.76 Å². The van der Waals surface area contributed by atoms with Gasteiger partial charge in [0.25, 0.3) is 0 Å².